The van der Waals surface area contributed by atoms with Crippen molar-refractivity contribution < 1.29 is 4.79 Å². The second-order valence-corrected chi connectivity index (χ2v) is 6.56. The van der Waals surface area contributed by atoms with E-state index in [9.17, 15) is 4.79 Å². The molecule has 0 saturated heterocycles. The Labute approximate surface area is 129 Å². The molecule has 3 aromatic rings. The molecule has 0 saturated carbocycles. The van der Waals surface area contributed by atoms with Crippen molar-refractivity contribution in [1.82, 2.24) is 4.98 Å². The maximum Gasteiger partial charge on any atom is 0.195 e. The average Bonchev–Trinajstić information content (AvgIpc) is 2.87. The maximum absolute atomic E-state index is 12.3. The fraction of sp³-hybridized carbons (Fsp3) is 0.125. The Balaban J connectivity index is 1.86. The summed E-state index contributed by atoms with van der Waals surface area (Å²) in [5.74, 6) is 0.0768. The van der Waals surface area contributed by atoms with Gasteiger partial charge < -0.3 is 0 Å². The van der Waals surface area contributed by atoms with Gasteiger partial charge in [0.05, 0.1) is 10.2 Å². The van der Waals surface area contributed by atoms with Crippen LogP contribution in [-0.4, -0.2) is 10.8 Å². The van der Waals surface area contributed by atoms with Gasteiger partial charge in [0.25, 0.3) is 0 Å². The third-order valence-corrected chi connectivity index (χ3v) is 5.09. The highest BCUT2D eigenvalue weighted by Crippen LogP contribution is 2.23. The monoisotopic (exact) mass is 345 g/mol. The Morgan fingerprint density at radius 2 is 2.05 bits per heavy atom. The fourth-order valence-corrected chi connectivity index (χ4v) is 3.22. The molecule has 2 nitrogen and oxygen atoms in total. The Bertz CT molecular complexity index is 761. The molecule has 1 heterocycles. The van der Waals surface area contributed by atoms with Gasteiger partial charge in [-0.3, -0.25) is 4.79 Å². The molecule has 0 amide bonds. The van der Waals surface area contributed by atoms with Gasteiger partial charge in [-0.05, 0) is 36.2 Å². The number of ketones is 1. The van der Waals surface area contributed by atoms with Gasteiger partial charge in [-0.1, -0.05) is 40.2 Å². The number of rotatable bonds is 3. The number of nitrogens with zero attached hydrogens (tertiary/aromatic N) is 1. The number of fused-ring (bicyclic) bond motifs is 1. The molecule has 20 heavy (non-hydrogen) atoms. The number of halogens is 1. The van der Waals surface area contributed by atoms with E-state index in [1.807, 2.05) is 49.4 Å². The van der Waals surface area contributed by atoms with Crippen LogP contribution in [0.1, 0.15) is 20.9 Å². The van der Waals surface area contributed by atoms with E-state index in [2.05, 4.69) is 20.9 Å². The van der Waals surface area contributed by atoms with Crippen LogP contribution in [0.15, 0.2) is 46.9 Å². The van der Waals surface area contributed by atoms with E-state index in [1.54, 1.807) is 0 Å². The molecule has 0 bridgehead atoms. The zero-order valence-corrected chi connectivity index (χ0v) is 13.3. The van der Waals surface area contributed by atoms with Gasteiger partial charge >= 0.3 is 0 Å². The summed E-state index contributed by atoms with van der Waals surface area (Å²) in [4.78, 5) is 16.7. The van der Waals surface area contributed by atoms with Crippen LogP contribution in [0.3, 0.4) is 0 Å². The van der Waals surface area contributed by atoms with E-state index in [4.69, 9.17) is 0 Å². The van der Waals surface area contributed by atoms with Crippen molar-refractivity contribution in [3.63, 3.8) is 0 Å². The highest BCUT2D eigenvalue weighted by molar-refractivity contribution is 9.10. The predicted molar refractivity (Wildman–Crippen MR) is 86.5 cm³/mol. The van der Waals surface area contributed by atoms with Crippen LogP contribution in [-0.2, 0) is 6.42 Å². The first-order valence-electron chi connectivity index (χ1n) is 6.27. The zero-order valence-electron chi connectivity index (χ0n) is 10.9. The van der Waals surface area contributed by atoms with Gasteiger partial charge in [0, 0.05) is 10.9 Å². The Hall–Kier alpha value is -1.52. The number of Topliss-reactive ketones (excluding diaryl/α,β-unsaturated/α-hetero) is 1. The molecule has 0 aliphatic rings. The molecular formula is C16H12BrNOS. The molecule has 4 heteroatoms. The molecule has 0 N–H and O–H groups in total. The van der Waals surface area contributed by atoms with E-state index in [0.717, 1.165) is 25.8 Å². The Morgan fingerprint density at radius 1 is 1.25 bits per heavy atom. The van der Waals surface area contributed by atoms with Gasteiger partial charge in [0.15, 0.2) is 10.8 Å². The standard InChI is InChI=1S/C16H12BrNOS/c1-10-8-11(6-7-12(10)17)9-14(19)16-18-13-4-2-3-5-15(13)20-16/h2-8H,9H2,1H3. The molecule has 0 atom stereocenters. The molecule has 2 aromatic carbocycles. The predicted octanol–water partition coefficient (Wildman–Crippen LogP) is 4.79. The second-order valence-electron chi connectivity index (χ2n) is 4.67. The van der Waals surface area contributed by atoms with Crippen molar-refractivity contribution in [3.8, 4) is 0 Å². The van der Waals surface area contributed by atoms with E-state index in [1.165, 1.54) is 11.3 Å². The molecule has 100 valence electrons. The molecular weight excluding hydrogens is 334 g/mol. The number of benzene rings is 2. The quantitative estimate of drug-likeness (QED) is 0.638. The topological polar surface area (TPSA) is 30.0 Å². The van der Waals surface area contributed by atoms with Gasteiger partial charge in [-0.25, -0.2) is 4.98 Å². The number of hydrogen-bond acceptors (Lipinski definition) is 3. The van der Waals surface area contributed by atoms with Crippen LogP contribution in [0.25, 0.3) is 10.2 Å². The number of aryl methyl sites for hydroxylation is 1. The van der Waals surface area contributed by atoms with Crippen LogP contribution in [0.2, 0.25) is 0 Å². The average molecular weight is 346 g/mol. The summed E-state index contributed by atoms with van der Waals surface area (Å²) >= 11 is 4.93. The van der Waals surface area contributed by atoms with Crippen molar-refractivity contribution in [2.24, 2.45) is 0 Å². The number of carbonyl (C=O) groups is 1. The molecule has 1 aromatic heterocycles. The Morgan fingerprint density at radius 3 is 2.80 bits per heavy atom. The third-order valence-electron chi connectivity index (χ3n) is 3.12. The maximum atomic E-state index is 12.3. The van der Waals surface area contributed by atoms with Crippen LogP contribution in [0, 0.1) is 6.92 Å². The summed E-state index contributed by atoms with van der Waals surface area (Å²) < 4.78 is 2.12. The van der Waals surface area contributed by atoms with Crippen LogP contribution < -0.4 is 0 Å². The summed E-state index contributed by atoms with van der Waals surface area (Å²) in [6.07, 6.45) is 0.397. The van der Waals surface area contributed by atoms with E-state index >= 15 is 0 Å². The zero-order chi connectivity index (χ0) is 14.1. The van der Waals surface area contributed by atoms with Gasteiger partial charge in [0.1, 0.15) is 0 Å². The fourth-order valence-electron chi connectivity index (χ4n) is 2.07. The van der Waals surface area contributed by atoms with Crippen LogP contribution >= 0.6 is 27.3 Å². The largest absolute Gasteiger partial charge is 0.291 e. The third kappa shape index (κ3) is 2.67. The summed E-state index contributed by atoms with van der Waals surface area (Å²) in [6, 6.07) is 13.8. The van der Waals surface area contributed by atoms with Crippen LogP contribution in [0.4, 0.5) is 0 Å². The summed E-state index contributed by atoms with van der Waals surface area (Å²) in [5.41, 5.74) is 3.06. The SMILES string of the molecule is Cc1cc(CC(=O)c2nc3ccccc3s2)ccc1Br. The first-order chi connectivity index (χ1) is 9.63. The highest BCUT2D eigenvalue weighted by atomic mass is 79.9. The summed E-state index contributed by atoms with van der Waals surface area (Å²) in [6.45, 7) is 2.02. The highest BCUT2D eigenvalue weighted by Gasteiger charge is 2.13. The van der Waals surface area contributed by atoms with Crippen molar-refractivity contribution in [1.29, 1.82) is 0 Å². The second kappa shape index (κ2) is 5.46. The summed E-state index contributed by atoms with van der Waals surface area (Å²) in [7, 11) is 0. The van der Waals surface area contributed by atoms with E-state index in [-0.39, 0.29) is 5.78 Å². The van der Waals surface area contributed by atoms with Crippen molar-refractivity contribution in [3.05, 3.63) is 63.1 Å². The van der Waals surface area contributed by atoms with E-state index in [0.29, 0.717) is 11.4 Å². The minimum atomic E-state index is 0.0768. The first-order valence-corrected chi connectivity index (χ1v) is 7.88. The number of aromatic nitrogens is 1. The van der Waals surface area contributed by atoms with Gasteiger partial charge in [-0.15, -0.1) is 11.3 Å². The molecule has 0 fully saturated rings. The van der Waals surface area contributed by atoms with Crippen LogP contribution in [0.5, 0.6) is 0 Å². The molecule has 0 aliphatic heterocycles. The Kier molecular flexibility index (Phi) is 3.68. The lowest BCUT2D eigenvalue weighted by molar-refractivity contribution is 0.0993. The minimum absolute atomic E-state index is 0.0768. The van der Waals surface area contributed by atoms with Crippen molar-refractivity contribution in [2.45, 2.75) is 13.3 Å². The smallest absolute Gasteiger partial charge is 0.195 e. The van der Waals surface area contributed by atoms with Gasteiger partial charge in [0.2, 0.25) is 0 Å². The first kappa shape index (κ1) is 13.5. The molecule has 0 spiro atoms. The van der Waals surface area contributed by atoms with Gasteiger partial charge in [-0.2, -0.15) is 0 Å². The lowest BCUT2D eigenvalue weighted by Crippen LogP contribution is -2.03. The van der Waals surface area contributed by atoms with Crippen molar-refractivity contribution in [2.75, 3.05) is 0 Å². The lowest BCUT2D eigenvalue weighted by Gasteiger charge is -2.02. The molecule has 0 aliphatic carbocycles. The minimum Gasteiger partial charge on any atom is -0.291 e. The number of thiazole rings is 1. The normalized spacial score (nSPS) is 10.9. The number of carbonyl (C=O) groups excluding carboxylic acids is 1. The number of hydrogen-bond donors (Lipinski definition) is 0. The lowest BCUT2D eigenvalue weighted by atomic mass is 10.1. The molecule has 0 radical (unpaired) electrons. The molecule has 0 unspecified atom stereocenters. The van der Waals surface area contributed by atoms with E-state index < -0.39 is 0 Å². The number of para-hydroxylation sites is 1. The summed E-state index contributed by atoms with van der Waals surface area (Å²) in [5, 5.41) is 0.590. The molecule has 3 rings (SSSR count). The van der Waals surface area contributed by atoms with Crippen molar-refractivity contribution >= 4 is 43.3 Å².